The van der Waals surface area contributed by atoms with E-state index >= 15 is 0 Å². The van der Waals surface area contributed by atoms with Crippen LogP contribution in [0.3, 0.4) is 0 Å². The monoisotopic (exact) mass is 289 g/mol. The highest BCUT2D eigenvalue weighted by Gasteiger charge is 2.09. The fourth-order valence-corrected chi connectivity index (χ4v) is 1.69. The molecule has 0 saturated heterocycles. The molecule has 1 N–H and O–H groups in total. The first-order valence-electron chi connectivity index (χ1n) is 6.85. The van der Waals surface area contributed by atoms with Gasteiger partial charge in [0.15, 0.2) is 0 Å². The summed E-state index contributed by atoms with van der Waals surface area (Å²) in [5.41, 5.74) is 1.59. The van der Waals surface area contributed by atoms with Gasteiger partial charge in [-0.15, -0.1) is 5.10 Å². The van der Waals surface area contributed by atoms with Crippen molar-refractivity contribution in [1.82, 2.24) is 15.5 Å². The fourth-order valence-electron chi connectivity index (χ4n) is 1.69. The highest BCUT2D eigenvalue weighted by molar-refractivity contribution is 5.35. The van der Waals surface area contributed by atoms with Crippen LogP contribution in [0.25, 0.3) is 0 Å². The zero-order chi connectivity index (χ0) is 15.5. The quantitative estimate of drug-likeness (QED) is 0.934. The number of aromatic nitrogens is 2. The third-order valence-electron chi connectivity index (χ3n) is 2.85. The molecule has 1 aromatic heterocycles. The van der Waals surface area contributed by atoms with E-state index in [9.17, 15) is 4.39 Å². The van der Waals surface area contributed by atoms with E-state index in [1.165, 1.54) is 12.1 Å². The van der Waals surface area contributed by atoms with Crippen LogP contribution >= 0.6 is 0 Å². The van der Waals surface area contributed by atoms with Gasteiger partial charge in [-0.2, -0.15) is 5.10 Å². The standard InChI is InChI=1S/C16H20FN3O/c1-11-9-12(17)5-7-14(11)21-15-8-6-13(19-20-15)10-18-16(2,3)4/h5-9,18H,10H2,1-4H3. The molecule has 2 rings (SSSR count). The van der Waals surface area contributed by atoms with Crippen molar-refractivity contribution in [2.24, 2.45) is 0 Å². The molecule has 0 fully saturated rings. The lowest BCUT2D eigenvalue weighted by Crippen LogP contribution is -2.35. The van der Waals surface area contributed by atoms with Crippen LogP contribution in [0.15, 0.2) is 30.3 Å². The average molecular weight is 289 g/mol. The molecule has 0 saturated carbocycles. The van der Waals surface area contributed by atoms with Gasteiger partial charge in [-0.3, -0.25) is 0 Å². The van der Waals surface area contributed by atoms with E-state index in [-0.39, 0.29) is 11.4 Å². The maximum atomic E-state index is 13.0. The fraction of sp³-hybridized carbons (Fsp3) is 0.375. The molecule has 0 bridgehead atoms. The molecule has 0 radical (unpaired) electrons. The molecule has 0 atom stereocenters. The Hall–Kier alpha value is -2.01. The topological polar surface area (TPSA) is 47.0 Å². The van der Waals surface area contributed by atoms with Crippen LogP contribution in [0.1, 0.15) is 32.0 Å². The number of halogens is 1. The number of hydrogen-bond donors (Lipinski definition) is 1. The van der Waals surface area contributed by atoms with Crippen molar-refractivity contribution in [2.75, 3.05) is 0 Å². The van der Waals surface area contributed by atoms with Gasteiger partial charge in [-0.25, -0.2) is 4.39 Å². The zero-order valence-corrected chi connectivity index (χ0v) is 12.8. The van der Waals surface area contributed by atoms with Crippen LogP contribution < -0.4 is 10.1 Å². The lowest BCUT2D eigenvalue weighted by Gasteiger charge is -2.19. The van der Waals surface area contributed by atoms with Gasteiger partial charge in [0.2, 0.25) is 5.88 Å². The third kappa shape index (κ3) is 4.79. The minimum Gasteiger partial charge on any atom is -0.437 e. The highest BCUT2D eigenvalue weighted by Crippen LogP contribution is 2.23. The molecule has 0 spiro atoms. The third-order valence-corrected chi connectivity index (χ3v) is 2.85. The SMILES string of the molecule is Cc1cc(F)ccc1Oc1ccc(CNC(C)(C)C)nn1. The second-order valence-corrected chi connectivity index (χ2v) is 5.98. The molecular formula is C16H20FN3O. The first-order valence-corrected chi connectivity index (χ1v) is 6.85. The van der Waals surface area contributed by atoms with Gasteiger partial charge < -0.3 is 10.1 Å². The zero-order valence-electron chi connectivity index (χ0n) is 12.8. The van der Waals surface area contributed by atoms with Crippen LogP contribution in [0.5, 0.6) is 11.6 Å². The lowest BCUT2D eigenvalue weighted by molar-refractivity contribution is 0.416. The van der Waals surface area contributed by atoms with Gasteiger partial charge in [0, 0.05) is 18.2 Å². The van der Waals surface area contributed by atoms with E-state index in [1.54, 1.807) is 19.1 Å². The van der Waals surface area contributed by atoms with Crippen molar-refractivity contribution in [3.05, 3.63) is 47.4 Å². The highest BCUT2D eigenvalue weighted by atomic mass is 19.1. The number of hydrogen-bond acceptors (Lipinski definition) is 4. The number of nitrogens with zero attached hydrogens (tertiary/aromatic N) is 2. The largest absolute Gasteiger partial charge is 0.437 e. The van der Waals surface area contributed by atoms with Gasteiger partial charge in [-0.05, 0) is 57.5 Å². The number of aryl methyl sites for hydroxylation is 1. The van der Waals surface area contributed by atoms with Crippen LogP contribution in [0.4, 0.5) is 4.39 Å². The summed E-state index contributed by atoms with van der Waals surface area (Å²) >= 11 is 0. The maximum absolute atomic E-state index is 13.0. The number of nitrogens with one attached hydrogen (secondary N) is 1. The van der Waals surface area contributed by atoms with Crippen molar-refractivity contribution >= 4 is 0 Å². The van der Waals surface area contributed by atoms with E-state index in [0.29, 0.717) is 18.2 Å². The van der Waals surface area contributed by atoms with Gasteiger partial charge in [0.05, 0.1) is 5.69 Å². The summed E-state index contributed by atoms with van der Waals surface area (Å²) in [5.74, 6) is 0.685. The molecule has 5 heteroatoms. The number of benzene rings is 1. The Kier molecular flexibility index (Phi) is 4.53. The molecule has 2 aromatic rings. The van der Waals surface area contributed by atoms with Crippen LogP contribution in [-0.4, -0.2) is 15.7 Å². The molecule has 0 unspecified atom stereocenters. The van der Waals surface area contributed by atoms with E-state index in [2.05, 4.69) is 36.3 Å². The van der Waals surface area contributed by atoms with Crippen molar-refractivity contribution in [2.45, 2.75) is 39.8 Å². The molecule has 0 aliphatic rings. The first kappa shape index (κ1) is 15.4. The summed E-state index contributed by atoms with van der Waals surface area (Å²) < 4.78 is 18.6. The van der Waals surface area contributed by atoms with Gasteiger partial charge in [-0.1, -0.05) is 0 Å². The second-order valence-electron chi connectivity index (χ2n) is 5.98. The molecule has 4 nitrogen and oxygen atoms in total. The minimum atomic E-state index is -0.283. The predicted molar refractivity (Wildman–Crippen MR) is 79.8 cm³/mol. The normalized spacial score (nSPS) is 11.5. The van der Waals surface area contributed by atoms with E-state index in [1.807, 2.05) is 6.07 Å². The molecular weight excluding hydrogens is 269 g/mol. The van der Waals surface area contributed by atoms with Crippen molar-refractivity contribution < 1.29 is 9.13 Å². The Balaban J connectivity index is 2.02. The van der Waals surface area contributed by atoms with Crippen molar-refractivity contribution in [3.8, 4) is 11.6 Å². The Morgan fingerprint density at radius 2 is 1.90 bits per heavy atom. The van der Waals surface area contributed by atoms with E-state index < -0.39 is 0 Å². The Morgan fingerprint density at radius 3 is 2.48 bits per heavy atom. The van der Waals surface area contributed by atoms with Gasteiger partial charge in [0.25, 0.3) is 0 Å². The summed E-state index contributed by atoms with van der Waals surface area (Å²) in [6.45, 7) is 8.71. The molecule has 0 aliphatic heterocycles. The van der Waals surface area contributed by atoms with Gasteiger partial charge in [0.1, 0.15) is 11.6 Å². The maximum Gasteiger partial charge on any atom is 0.238 e. The minimum absolute atomic E-state index is 0.0298. The molecule has 21 heavy (non-hydrogen) atoms. The summed E-state index contributed by atoms with van der Waals surface area (Å²) in [6.07, 6.45) is 0. The summed E-state index contributed by atoms with van der Waals surface area (Å²) in [5, 5.41) is 11.5. The van der Waals surface area contributed by atoms with Crippen molar-refractivity contribution in [1.29, 1.82) is 0 Å². The summed E-state index contributed by atoms with van der Waals surface area (Å²) in [6, 6.07) is 7.98. The van der Waals surface area contributed by atoms with E-state index in [4.69, 9.17) is 4.74 Å². The smallest absolute Gasteiger partial charge is 0.238 e. The van der Waals surface area contributed by atoms with Crippen LogP contribution in [0.2, 0.25) is 0 Å². The number of rotatable bonds is 4. The first-order chi connectivity index (χ1) is 9.83. The van der Waals surface area contributed by atoms with E-state index in [0.717, 1.165) is 11.3 Å². The molecule has 0 aliphatic carbocycles. The Bertz CT molecular complexity index is 606. The second kappa shape index (κ2) is 6.18. The van der Waals surface area contributed by atoms with Crippen LogP contribution in [-0.2, 0) is 6.54 Å². The molecule has 0 amide bonds. The van der Waals surface area contributed by atoms with Gasteiger partial charge >= 0.3 is 0 Å². The number of ether oxygens (including phenoxy) is 1. The Morgan fingerprint density at radius 1 is 1.14 bits per heavy atom. The summed E-state index contributed by atoms with van der Waals surface area (Å²) in [4.78, 5) is 0. The molecule has 1 aromatic carbocycles. The lowest BCUT2D eigenvalue weighted by atomic mass is 10.1. The van der Waals surface area contributed by atoms with Crippen molar-refractivity contribution in [3.63, 3.8) is 0 Å². The Labute approximate surface area is 124 Å². The molecule has 1 heterocycles. The predicted octanol–water partition coefficient (Wildman–Crippen LogP) is 3.60. The summed E-state index contributed by atoms with van der Waals surface area (Å²) in [7, 11) is 0. The molecule has 112 valence electrons. The average Bonchev–Trinajstić information content (AvgIpc) is 2.40. The van der Waals surface area contributed by atoms with Crippen LogP contribution in [0, 0.1) is 12.7 Å².